The molecule has 1 N–H and O–H groups in total. The number of nitrogens with zero attached hydrogens (tertiary/aromatic N) is 4. The molecule has 5 nitrogen and oxygen atoms in total. The van der Waals surface area contributed by atoms with Gasteiger partial charge in [-0.2, -0.15) is 0 Å². The molecule has 0 amide bonds. The molecule has 150 valence electrons. The van der Waals surface area contributed by atoms with Crippen molar-refractivity contribution in [3.05, 3.63) is 54.1 Å². The molecule has 5 heteroatoms. The fourth-order valence-corrected chi connectivity index (χ4v) is 4.57. The Morgan fingerprint density at radius 1 is 1.21 bits per heavy atom. The Labute approximate surface area is 168 Å². The Morgan fingerprint density at radius 3 is 2.79 bits per heavy atom. The van der Waals surface area contributed by atoms with Gasteiger partial charge in [0.15, 0.2) is 5.96 Å². The molecule has 0 atom stereocenters. The highest BCUT2D eigenvalue weighted by Gasteiger charge is 2.43. The zero-order valence-corrected chi connectivity index (χ0v) is 17.1. The second-order valence-electron chi connectivity index (χ2n) is 8.32. The third kappa shape index (κ3) is 4.40. The predicted octanol–water partition coefficient (Wildman–Crippen LogP) is 3.86. The quantitative estimate of drug-likeness (QED) is 0.587. The Hall–Kier alpha value is -2.30. The van der Waals surface area contributed by atoms with Crippen LogP contribution in [0, 0.1) is 5.41 Å². The van der Waals surface area contributed by atoms with Crippen molar-refractivity contribution < 1.29 is 0 Å². The molecule has 1 aromatic carbocycles. The second-order valence-corrected chi connectivity index (χ2v) is 8.32. The molecular weight excluding hydrogens is 346 g/mol. The van der Waals surface area contributed by atoms with E-state index in [0.29, 0.717) is 12.0 Å². The summed E-state index contributed by atoms with van der Waals surface area (Å²) in [7, 11) is 0. The molecule has 1 aliphatic heterocycles. The number of aryl methyl sites for hydroxylation is 2. The maximum Gasteiger partial charge on any atom is 0.194 e. The molecule has 2 aromatic rings. The smallest absolute Gasteiger partial charge is 0.194 e. The van der Waals surface area contributed by atoms with Gasteiger partial charge in [-0.05, 0) is 50.0 Å². The van der Waals surface area contributed by atoms with Crippen LogP contribution in [0.25, 0.3) is 0 Å². The minimum absolute atomic E-state index is 0.589. The van der Waals surface area contributed by atoms with Gasteiger partial charge in [0, 0.05) is 38.6 Å². The number of likely N-dealkylation sites (tertiary alicyclic amines) is 1. The lowest BCUT2D eigenvalue weighted by Gasteiger charge is -2.38. The summed E-state index contributed by atoms with van der Waals surface area (Å²) in [5.74, 6) is 2.12. The average molecular weight is 380 g/mol. The molecule has 2 aliphatic rings. The van der Waals surface area contributed by atoms with Gasteiger partial charge in [0.05, 0.1) is 0 Å². The first kappa shape index (κ1) is 19.0. The SMILES string of the molecule is CCNC(=NCc1nccn1CCCc1ccccc1)N1CCC2(CCC2)C1. The number of nitrogens with one attached hydrogen (secondary N) is 1. The normalized spacial score (nSPS) is 18.5. The van der Waals surface area contributed by atoms with Crippen molar-refractivity contribution in [2.45, 2.75) is 58.5 Å². The van der Waals surface area contributed by atoms with E-state index in [-0.39, 0.29) is 0 Å². The van der Waals surface area contributed by atoms with E-state index in [9.17, 15) is 0 Å². The molecule has 2 heterocycles. The van der Waals surface area contributed by atoms with Crippen molar-refractivity contribution in [3.63, 3.8) is 0 Å². The summed E-state index contributed by atoms with van der Waals surface area (Å²) >= 11 is 0. The Bertz CT molecular complexity index is 775. The second kappa shape index (κ2) is 8.80. The number of benzene rings is 1. The van der Waals surface area contributed by atoms with E-state index < -0.39 is 0 Å². The van der Waals surface area contributed by atoms with Crippen LogP contribution >= 0.6 is 0 Å². The maximum atomic E-state index is 4.94. The van der Waals surface area contributed by atoms with Crippen LogP contribution in [0.5, 0.6) is 0 Å². The molecule has 28 heavy (non-hydrogen) atoms. The van der Waals surface area contributed by atoms with Gasteiger partial charge in [-0.1, -0.05) is 36.8 Å². The van der Waals surface area contributed by atoms with E-state index >= 15 is 0 Å². The monoisotopic (exact) mass is 379 g/mol. The molecule has 0 bridgehead atoms. The van der Waals surface area contributed by atoms with E-state index in [1.54, 1.807) is 0 Å². The van der Waals surface area contributed by atoms with Crippen LogP contribution in [0.15, 0.2) is 47.7 Å². The molecule has 2 fully saturated rings. The van der Waals surface area contributed by atoms with Crippen molar-refractivity contribution in [1.29, 1.82) is 0 Å². The minimum Gasteiger partial charge on any atom is -0.357 e. The molecule has 1 spiro atoms. The van der Waals surface area contributed by atoms with Crippen molar-refractivity contribution in [1.82, 2.24) is 19.8 Å². The topological polar surface area (TPSA) is 45.5 Å². The summed E-state index contributed by atoms with van der Waals surface area (Å²) in [6.07, 6.45) is 11.7. The molecule has 0 unspecified atom stereocenters. The average Bonchev–Trinajstić information content (AvgIpc) is 3.33. The van der Waals surface area contributed by atoms with Gasteiger partial charge in [0.2, 0.25) is 0 Å². The number of hydrogen-bond donors (Lipinski definition) is 1. The van der Waals surface area contributed by atoms with Gasteiger partial charge < -0.3 is 14.8 Å². The number of aliphatic imine (C=N–C) groups is 1. The lowest BCUT2D eigenvalue weighted by molar-refractivity contribution is 0.151. The zero-order chi connectivity index (χ0) is 19.2. The summed E-state index contributed by atoms with van der Waals surface area (Å²) in [6.45, 7) is 7.00. The number of imidazole rings is 1. The Balaban J connectivity index is 1.34. The predicted molar refractivity (Wildman–Crippen MR) is 114 cm³/mol. The van der Waals surface area contributed by atoms with Crippen molar-refractivity contribution in [2.75, 3.05) is 19.6 Å². The Kier molecular flexibility index (Phi) is 5.98. The van der Waals surface area contributed by atoms with E-state index in [4.69, 9.17) is 4.99 Å². The summed E-state index contributed by atoms with van der Waals surface area (Å²) in [5.41, 5.74) is 1.99. The molecule has 1 saturated heterocycles. The molecule has 1 aromatic heterocycles. The van der Waals surface area contributed by atoms with Crippen molar-refractivity contribution in [2.24, 2.45) is 10.4 Å². The van der Waals surface area contributed by atoms with E-state index in [1.807, 2.05) is 6.20 Å². The molecule has 4 rings (SSSR count). The maximum absolute atomic E-state index is 4.94. The highest BCUT2D eigenvalue weighted by Crippen LogP contribution is 2.47. The van der Waals surface area contributed by atoms with Crippen LogP contribution < -0.4 is 5.32 Å². The number of hydrogen-bond acceptors (Lipinski definition) is 2. The number of guanidine groups is 1. The summed E-state index contributed by atoms with van der Waals surface area (Å²) in [5, 5.41) is 3.50. The summed E-state index contributed by atoms with van der Waals surface area (Å²) in [6, 6.07) is 10.7. The van der Waals surface area contributed by atoms with Gasteiger partial charge in [0.1, 0.15) is 12.4 Å². The largest absolute Gasteiger partial charge is 0.357 e. The van der Waals surface area contributed by atoms with Crippen molar-refractivity contribution >= 4 is 5.96 Å². The number of rotatable bonds is 7. The first-order valence-electron chi connectivity index (χ1n) is 10.9. The fourth-order valence-electron chi connectivity index (χ4n) is 4.57. The number of aromatic nitrogens is 2. The van der Waals surface area contributed by atoms with Gasteiger partial charge in [-0.3, -0.25) is 0 Å². The zero-order valence-electron chi connectivity index (χ0n) is 17.1. The standard InChI is InChI=1S/C23H33N5/c1-2-24-22(28-16-13-23(19-28)11-7-12-23)26-18-21-25-14-17-27(21)15-6-10-20-8-4-3-5-9-20/h3-5,8-9,14,17H,2,6-7,10-13,15-16,18-19H2,1H3,(H,24,26). The third-order valence-electron chi connectivity index (χ3n) is 6.37. The third-order valence-corrected chi connectivity index (χ3v) is 6.37. The Morgan fingerprint density at radius 2 is 2.07 bits per heavy atom. The van der Waals surface area contributed by atoms with Crippen LogP contribution in [0.3, 0.4) is 0 Å². The fraction of sp³-hybridized carbons (Fsp3) is 0.565. The van der Waals surface area contributed by atoms with Crippen LogP contribution in [-0.4, -0.2) is 40.0 Å². The summed E-state index contributed by atoms with van der Waals surface area (Å²) < 4.78 is 2.26. The van der Waals surface area contributed by atoms with Gasteiger partial charge in [-0.25, -0.2) is 9.98 Å². The molecular formula is C23H33N5. The van der Waals surface area contributed by atoms with Crippen LogP contribution in [0.4, 0.5) is 0 Å². The lowest BCUT2D eigenvalue weighted by Crippen LogP contribution is -2.42. The minimum atomic E-state index is 0.589. The highest BCUT2D eigenvalue weighted by molar-refractivity contribution is 5.80. The van der Waals surface area contributed by atoms with Crippen molar-refractivity contribution in [3.8, 4) is 0 Å². The first-order valence-corrected chi connectivity index (χ1v) is 10.9. The summed E-state index contributed by atoms with van der Waals surface area (Å²) in [4.78, 5) is 12.0. The van der Waals surface area contributed by atoms with E-state index in [0.717, 1.165) is 44.3 Å². The van der Waals surface area contributed by atoms with E-state index in [1.165, 1.54) is 37.8 Å². The van der Waals surface area contributed by atoms with Gasteiger partial charge >= 0.3 is 0 Å². The van der Waals surface area contributed by atoms with Crippen LogP contribution in [-0.2, 0) is 19.5 Å². The van der Waals surface area contributed by atoms with Crippen LogP contribution in [0.2, 0.25) is 0 Å². The van der Waals surface area contributed by atoms with Gasteiger partial charge in [0.25, 0.3) is 0 Å². The van der Waals surface area contributed by atoms with Gasteiger partial charge in [-0.15, -0.1) is 0 Å². The molecule has 0 radical (unpaired) electrons. The van der Waals surface area contributed by atoms with Crippen LogP contribution in [0.1, 0.15) is 50.4 Å². The lowest BCUT2D eigenvalue weighted by atomic mass is 9.68. The molecule has 1 saturated carbocycles. The first-order chi connectivity index (χ1) is 13.8. The van der Waals surface area contributed by atoms with E-state index in [2.05, 4.69) is 63.2 Å². The highest BCUT2D eigenvalue weighted by atomic mass is 15.3. The molecule has 1 aliphatic carbocycles.